The highest BCUT2D eigenvalue weighted by molar-refractivity contribution is 7.18. The van der Waals surface area contributed by atoms with Crippen molar-refractivity contribution in [2.45, 2.75) is 6.10 Å². The fourth-order valence-corrected chi connectivity index (χ4v) is 5.25. The number of morpholine rings is 1. The summed E-state index contributed by atoms with van der Waals surface area (Å²) in [5, 5.41) is 2.66. The Bertz CT molecular complexity index is 1250. The summed E-state index contributed by atoms with van der Waals surface area (Å²) in [5.41, 5.74) is 1.32. The molecular weight excluding hydrogens is 550 g/mol. The van der Waals surface area contributed by atoms with Crippen LogP contribution in [-0.4, -0.2) is 106 Å². The van der Waals surface area contributed by atoms with Crippen LogP contribution in [0.15, 0.2) is 36.4 Å². The van der Waals surface area contributed by atoms with Gasteiger partial charge in [0.05, 0.1) is 35.5 Å². The van der Waals surface area contributed by atoms with Crippen LogP contribution in [0.2, 0.25) is 4.34 Å². The van der Waals surface area contributed by atoms with E-state index in [9.17, 15) is 24.0 Å². The average Bonchev–Trinajstić information content (AvgIpc) is 3.49. The summed E-state index contributed by atoms with van der Waals surface area (Å²) < 4.78 is 11.0. The molecule has 2 aromatic rings. The molecule has 1 atom stereocenters. The molecule has 2 aliphatic heterocycles. The molecule has 14 heteroatoms. The van der Waals surface area contributed by atoms with Crippen molar-refractivity contribution in [3.05, 3.63) is 45.6 Å². The molecule has 1 aromatic heterocycles. The number of imide groups is 3. The largest absolute Gasteiger partial charge is 0.443 e. The van der Waals surface area contributed by atoms with Crippen LogP contribution in [0.25, 0.3) is 0 Å². The third-order valence-corrected chi connectivity index (χ3v) is 7.29. The molecule has 0 unspecified atom stereocenters. The second-order valence-corrected chi connectivity index (χ2v) is 10.7. The number of hydrogen-bond donors (Lipinski definition) is 1. The first kappa shape index (κ1) is 28.6. The van der Waals surface area contributed by atoms with E-state index in [1.807, 2.05) is 0 Å². The number of thiophene rings is 1. The van der Waals surface area contributed by atoms with E-state index in [2.05, 4.69) is 5.32 Å². The first-order valence-electron chi connectivity index (χ1n) is 12.1. The van der Waals surface area contributed by atoms with Gasteiger partial charge >= 0.3 is 6.09 Å². The van der Waals surface area contributed by atoms with Gasteiger partial charge in [-0.3, -0.25) is 29.0 Å². The number of likely N-dealkylation sites (N-methyl/N-ethyl adjacent to an activating group) is 2. The Morgan fingerprint density at radius 2 is 1.77 bits per heavy atom. The minimum atomic E-state index is -0.744. The van der Waals surface area contributed by atoms with Crippen molar-refractivity contribution >= 4 is 64.0 Å². The highest BCUT2D eigenvalue weighted by atomic mass is 35.5. The minimum Gasteiger partial charge on any atom is -0.443 e. The topological polar surface area (TPSA) is 129 Å². The van der Waals surface area contributed by atoms with Crippen LogP contribution >= 0.6 is 22.9 Å². The number of nitrogens with zero attached hydrogens (tertiary/aromatic N) is 4. The van der Waals surface area contributed by atoms with Gasteiger partial charge in [-0.05, 0) is 50.5 Å². The first-order valence-corrected chi connectivity index (χ1v) is 13.3. The second kappa shape index (κ2) is 12.7. The van der Waals surface area contributed by atoms with Crippen LogP contribution in [0.4, 0.5) is 16.2 Å². The molecule has 208 valence electrons. The Morgan fingerprint density at radius 3 is 2.38 bits per heavy atom. The maximum Gasteiger partial charge on any atom is 0.414 e. The summed E-state index contributed by atoms with van der Waals surface area (Å²) >= 11 is 6.89. The predicted molar refractivity (Wildman–Crippen MR) is 144 cm³/mol. The SMILES string of the molecule is CNCC(=O)N(C(=O)CN(C)C[C@H]1CN(c2ccc(N3CCOCC3=O)cc2)C(=O)O1)C(=O)c1ccc(Cl)s1. The summed E-state index contributed by atoms with van der Waals surface area (Å²) in [4.78, 5) is 68.7. The van der Waals surface area contributed by atoms with Crippen LogP contribution in [0.1, 0.15) is 9.67 Å². The van der Waals surface area contributed by atoms with Crippen LogP contribution in [0.3, 0.4) is 0 Å². The molecule has 1 N–H and O–H groups in total. The van der Waals surface area contributed by atoms with E-state index in [1.54, 1.807) is 41.1 Å². The zero-order chi connectivity index (χ0) is 28.1. The van der Waals surface area contributed by atoms with Crippen LogP contribution in [-0.2, 0) is 23.9 Å². The number of cyclic esters (lactones) is 1. The zero-order valence-corrected chi connectivity index (χ0v) is 23.0. The highest BCUT2D eigenvalue weighted by Gasteiger charge is 2.35. The molecule has 1 aromatic carbocycles. The standard InChI is InChI=1S/C25H28ClN5O7S/c1-27-11-21(32)31(24(35)19-7-8-20(26)39-19)22(33)14-28(2)12-18-13-30(25(36)38-18)17-5-3-16(4-6-17)29-9-10-37-15-23(29)34/h3-8,18,27H,9-15H2,1-2H3/t18-/m0/s1. The molecule has 0 saturated carbocycles. The number of rotatable bonds is 9. The quantitative estimate of drug-likeness (QED) is 0.470. The third kappa shape index (κ3) is 6.81. The molecule has 0 radical (unpaired) electrons. The molecular formula is C25H28ClN5O7S. The number of ether oxygens (including phenoxy) is 2. The number of benzene rings is 1. The van der Waals surface area contributed by atoms with E-state index in [1.165, 1.54) is 24.1 Å². The molecule has 2 aliphatic rings. The average molecular weight is 578 g/mol. The molecule has 39 heavy (non-hydrogen) atoms. The number of carbonyl (C=O) groups excluding carboxylic acids is 5. The van der Waals surface area contributed by atoms with Gasteiger partial charge in [-0.1, -0.05) is 11.6 Å². The van der Waals surface area contributed by atoms with Gasteiger partial charge in [0.1, 0.15) is 12.7 Å². The lowest BCUT2D eigenvalue weighted by atomic mass is 10.2. The van der Waals surface area contributed by atoms with Gasteiger partial charge in [0.2, 0.25) is 5.91 Å². The van der Waals surface area contributed by atoms with Crippen molar-refractivity contribution in [3.8, 4) is 0 Å². The lowest BCUT2D eigenvalue weighted by Gasteiger charge is -2.27. The summed E-state index contributed by atoms with van der Waals surface area (Å²) in [6, 6.07) is 9.98. The van der Waals surface area contributed by atoms with Crippen molar-refractivity contribution in [1.82, 2.24) is 15.1 Å². The van der Waals surface area contributed by atoms with E-state index >= 15 is 0 Å². The van der Waals surface area contributed by atoms with Gasteiger partial charge in [0.25, 0.3) is 17.7 Å². The molecule has 5 amide bonds. The number of hydrogen-bond acceptors (Lipinski definition) is 10. The van der Waals surface area contributed by atoms with Gasteiger partial charge < -0.3 is 19.7 Å². The molecule has 4 rings (SSSR count). The van der Waals surface area contributed by atoms with Gasteiger partial charge in [-0.2, -0.15) is 0 Å². The lowest BCUT2D eigenvalue weighted by Crippen LogP contribution is -2.49. The van der Waals surface area contributed by atoms with Gasteiger partial charge in [-0.25, -0.2) is 9.69 Å². The van der Waals surface area contributed by atoms with Crippen molar-refractivity contribution in [2.24, 2.45) is 0 Å². The normalized spacial score (nSPS) is 17.5. The van der Waals surface area contributed by atoms with E-state index in [0.29, 0.717) is 33.8 Å². The van der Waals surface area contributed by atoms with E-state index in [4.69, 9.17) is 21.1 Å². The first-order chi connectivity index (χ1) is 18.7. The van der Waals surface area contributed by atoms with Crippen LogP contribution in [0, 0.1) is 0 Å². The van der Waals surface area contributed by atoms with E-state index < -0.39 is 29.9 Å². The summed E-state index contributed by atoms with van der Waals surface area (Å²) in [7, 11) is 3.17. The van der Waals surface area contributed by atoms with Gasteiger partial charge in [0.15, 0.2) is 0 Å². The molecule has 2 saturated heterocycles. The number of nitrogens with one attached hydrogen (secondary N) is 1. The Kier molecular flexibility index (Phi) is 9.30. The minimum absolute atomic E-state index is 0.0376. The van der Waals surface area contributed by atoms with Gasteiger partial charge in [-0.15, -0.1) is 11.3 Å². The summed E-state index contributed by atoms with van der Waals surface area (Å²) in [6.45, 7) is 0.938. The third-order valence-electron chi connectivity index (χ3n) is 6.07. The van der Waals surface area contributed by atoms with Crippen molar-refractivity contribution < 1.29 is 33.4 Å². The second-order valence-electron chi connectivity index (χ2n) is 8.99. The van der Waals surface area contributed by atoms with Crippen molar-refractivity contribution in [1.29, 1.82) is 0 Å². The maximum absolute atomic E-state index is 13.0. The molecule has 2 fully saturated rings. The molecule has 0 aliphatic carbocycles. The maximum atomic E-state index is 13.0. The number of halogens is 1. The van der Waals surface area contributed by atoms with Crippen molar-refractivity contribution in [2.75, 3.05) is 69.8 Å². The summed E-state index contributed by atoms with van der Waals surface area (Å²) in [5.74, 6) is -2.27. The molecule has 3 heterocycles. The van der Waals surface area contributed by atoms with Crippen LogP contribution in [0.5, 0.6) is 0 Å². The summed E-state index contributed by atoms with van der Waals surface area (Å²) in [6.07, 6.45) is -1.09. The Labute approximate surface area is 234 Å². The molecule has 12 nitrogen and oxygen atoms in total. The fraction of sp³-hybridized carbons (Fsp3) is 0.400. The zero-order valence-electron chi connectivity index (χ0n) is 21.4. The van der Waals surface area contributed by atoms with Crippen molar-refractivity contribution in [3.63, 3.8) is 0 Å². The smallest absolute Gasteiger partial charge is 0.414 e. The lowest BCUT2D eigenvalue weighted by molar-refractivity contribution is -0.141. The Morgan fingerprint density at radius 1 is 1.08 bits per heavy atom. The monoisotopic (exact) mass is 577 g/mol. The Hall–Kier alpha value is -3.36. The molecule has 0 spiro atoms. The highest BCUT2D eigenvalue weighted by Crippen LogP contribution is 2.26. The van der Waals surface area contributed by atoms with E-state index in [-0.39, 0.29) is 43.6 Å². The Balaban J connectivity index is 1.36. The fourth-order valence-electron chi connectivity index (χ4n) is 4.28. The predicted octanol–water partition coefficient (Wildman–Crippen LogP) is 1.44. The number of amides is 5. The molecule has 0 bridgehead atoms. The van der Waals surface area contributed by atoms with E-state index in [0.717, 1.165) is 11.3 Å². The number of anilines is 2. The van der Waals surface area contributed by atoms with Gasteiger partial charge in [0, 0.05) is 24.5 Å². The number of carbonyl (C=O) groups is 5. The van der Waals surface area contributed by atoms with Crippen LogP contribution < -0.4 is 15.1 Å².